The maximum atomic E-state index is 12.4. The highest BCUT2D eigenvalue weighted by Gasteiger charge is 2.47. The molecule has 1 saturated carbocycles. The van der Waals surface area contributed by atoms with Crippen LogP contribution in [-0.2, 0) is 14.3 Å². The van der Waals surface area contributed by atoms with E-state index in [9.17, 15) is 9.59 Å². The Morgan fingerprint density at radius 2 is 2.00 bits per heavy atom. The Hall–Kier alpha value is -1.10. The van der Waals surface area contributed by atoms with Gasteiger partial charge >= 0.3 is 5.97 Å². The van der Waals surface area contributed by atoms with E-state index in [2.05, 4.69) is 5.32 Å². The number of carbonyl (C=O) groups excluding carboxylic acids is 1. The number of carbonyl (C=O) groups is 2. The van der Waals surface area contributed by atoms with Gasteiger partial charge in [0.2, 0.25) is 5.91 Å². The van der Waals surface area contributed by atoms with Crippen molar-refractivity contribution in [3.63, 3.8) is 0 Å². The number of aliphatic carboxylic acids is 1. The maximum absolute atomic E-state index is 12.4. The lowest BCUT2D eigenvalue weighted by Crippen LogP contribution is -2.51. The largest absolute Gasteiger partial charge is 0.481 e. The Balaban J connectivity index is 1.65. The third kappa shape index (κ3) is 2.48. The first kappa shape index (κ1) is 12.9. The monoisotopic (exact) mass is 267 g/mol. The van der Waals surface area contributed by atoms with Gasteiger partial charge < -0.3 is 15.2 Å². The number of hydrogen-bond acceptors (Lipinski definition) is 3. The molecule has 0 spiro atoms. The second-order valence-electron chi connectivity index (χ2n) is 6.26. The van der Waals surface area contributed by atoms with Crippen LogP contribution in [0, 0.1) is 5.92 Å². The third-order valence-corrected chi connectivity index (χ3v) is 4.88. The van der Waals surface area contributed by atoms with Crippen molar-refractivity contribution in [2.24, 2.45) is 5.92 Å². The molecule has 2 N–H and O–H groups in total. The number of carboxylic acids is 1. The van der Waals surface area contributed by atoms with Crippen LogP contribution in [0.25, 0.3) is 0 Å². The topological polar surface area (TPSA) is 75.6 Å². The zero-order valence-electron chi connectivity index (χ0n) is 11.1. The average molecular weight is 267 g/mol. The van der Waals surface area contributed by atoms with Gasteiger partial charge in [0.25, 0.3) is 0 Å². The van der Waals surface area contributed by atoms with Crippen LogP contribution in [0.15, 0.2) is 0 Å². The minimum absolute atomic E-state index is 0.00958. The van der Waals surface area contributed by atoms with E-state index in [0.29, 0.717) is 0 Å². The lowest BCUT2D eigenvalue weighted by Gasteiger charge is -2.31. The molecule has 2 heterocycles. The number of nitrogens with one attached hydrogen (secondary N) is 1. The Morgan fingerprint density at radius 3 is 2.53 bits per heavy atom. The number of ether oxygens (including phenoxy) is 1. The second kappa shape index (κ2) is 4.78. The van der Waals surface area contributed by atoms with Gasteiger partial charge in [-0.15, -0.1) is 0 Å². The molecule has 0 radical (unpaired) electrons. The highest BCUT2D eigenvalue weighted by molar-refractivity contribution is 5.81. The Bertz CT molecular complexity index is 389. The van der Waals surface area contributed by atoms with Crippen molar-refractivity contribution in [2.75, 3.05) is 0 Å². The van der Waals surface area contributed by atoms with Crippen molar-refractivity contribution in [1.82, 2.24) is 5.32 Å². The first-order chi connectivity index (χ1) is 9.08. The predicted octanol–water partition coefficient (Wildman–Crippen LogP) is 1.46. The van der Waals surface area contributed by atoms with E-state index < -0.39 is 11.5 Å². The molecule has 106 valence electrons. The quantitative estimate of drug-likeness (QED) is 0.808. The number of hydrogen-bond donors (Lipinski definition) is 2. The van der Waals surface area contributed by atoms with Crippen molar-refractivity contribution in [1.29, 1.82) is 0 Å². The summed E-state index contributed by atoms with van der Waals surface area (Å²) in [4.78, 5) is 23.4. The van der Waals surface area contributed by atoms with Crippen LogP contribution >= 0.6 is 0 Å². The van der Waals surface area contributed by atoms with Crippen LogP contribution in [0.3, 0.4) is 0 Å². The molecule has 3 fully saturated rings. The minimum atomic E-state index is -0.827. The molecule has 2 aliphatic heterocycles. The minimum Gasteiger partial charge on any atom is -0.481 e. The van der Waals surface area contributed by atoms with Crippen molar-refractivity contribution >= 4 is 11.9 Å². The summed E-state index contributed by atoms with van der Waals surface area (Å²) in [6, 6.07) is 0. The van der Waals surface area contributed by atoms with E-state index in [1.165, 1.54) is 0 Å². The lowest BCUT2D eigenvalue weighted by molar-refractivity contribution is -0.139. The summed E-state index contributed by atoms with van der Waals surface area (Å²) >= 11 is 0. The van der Waals surface area contributed by atoms with Crippen molar-refractivity contribution in [2.45, 2.75) is 69.1 Å². The number of fused-ring (bicyclic) bond motifs is 2. The summed E-state index contributed by atoms with van der Waals surface area (Å²) in [6.45, 7) is 0. The zero-order chi connectivity index (χ0) is 13.5. The molecule has 3 atom stereocenters. The van der Waals surface area contributed by atoms with Gasteiger partial charge in [-0.25, -0.2) is 0 Å². The molecule has 19 heavy (non-hydrogen) atoms. The molecule has 1 aliphatic carbocycles. The highest BCUT2D eigenvalue weighted by Crippen LogP contribution is 2.40. The normalized spacial score (nSPS) is 35.5. The standard InChI is InChI=1S/C14H21NO4/c16-12(17)8-14(5-1-2-6-14)15-13(18)10-7-9-3-4-11(10)19-9/h9-11H,1-8H2,(H,15,18)(H,16,17). The van der Waals surface area contributed by atoms with Crippen molar-refractivity contribution in [3.05, 3.63) is 0 Å². The lowest BCUT2D eigenvalue weighted by atomic mass is 9.86. The van der Waals surface area contributed by atoms with E-state index in [0.717, 1.165) is 44.9 Å². The van der Waals surface area contributed by atoms with E-state index in [4.69, 9.17) is 9.84 Å². The number of carboxylic acid groups (broad SMARTS) is 1. The van der Waals surface area contributed by atoms with Crippen LogP contribution in [0.1, 0.15) is 51.4 Å². The molecule has 0 aromatic carbocycles. The fourth-order valence-electron chi connectivity index (χ4n) is 3.96. The van der Waals surface area contributed by atoms with Crippen LogP contribution < -0.4 is 5.32 Å². The summed E-state index contributed by atoms with van der Waals surface area (Å²) < 4.78 is 5.71. The SMILES string of the molecule is O=C(O)CC1(NC(=O)C2CC3CCC2O3)CCCC1. The summed E-state index contributed by atoms with van der Waals surface area (Å²) in [6.07, 6.45) is 6.76. The van der Waals surface area contributed by atoms with Crippen molar-refractivity contribution < 1.29 is 19.4 Å². The second-order valence-corrected chi connectivity index (χ2v) is 6.26. The van der Waals surface area contributed by atoms with Crippen molar-refractivity contribution in [3.8, 4) is 0 Å². The van der Waals surface area contributed by atoms with E-state index >= 15 is 0 Å². The average Bonchev–Trinajstić information content (AvgIpc) is 3.03. The van der Waals surface area contributed by atoms with Crippen LogP contribution in [0.5, 0.6) is 0 Å². The van der Waals surface area contributed by atoms with Crippen LogP contribution in [0.4, 0.5) is 0 Å². The predicted molar refractivity (Wildman–Crippen MR) is 67.6 cm³/mol. The number of amides is 1. The molecule has 1 amide bonds. The number of rotatable bonds is 4. The van der Waals surface area contributed by atoms with Crippen LogP contribution in [-0.4, -0.2) is 34.7 Å². The summed E-state index contributed by atoms with van der Waals surface area (Å²) in [5, 5.41) is 12.1. The van der Waals surface area contributed by atoms with Gasteiger partial charge in [-0.1, -0.05) is 12.8 Å². The zero-order valence-corrected chi connectivity index (χ0v) is 11.1. The molecule has 5 nitrogen and oxygen atoms in total. The van der Waals surface area contributed by atoms with Gasteiger partial charge in [0, 0.05) is 0 Å². The third-order valence-electron chi connectivity index (χ3n) is 4.88. The fraction of sp³-hybridized carbons (Fsp3) is 0.857. The molecule has 0 aromatic rings. The smallest absolute Gasteiger partial charge is 0.305 e. The van der Waals surface area contributed by atoms with E-state index in [1.807, 2.05) is 0 Å². The van der Waals surface area contributed by atoms with Gasteiger partial charge in [0.15, 0.2) is 0 Å². The fourth-order valence-corrected chi connectivity index (χ4v) is 3.96. The van der Waals surface area contributed by atoms with Crippen LogP contribution in [0.2, 0.25) is 0 Å². The summed E-state index contributed by atoms with van der Waals surface area (Å²) in [5.74, 6) is -0.883. The summed E-state index contributed by atoms with van der Waals surface area (Å²) in [5.41, 5.74) is -0.509. The van der Waals surface area contributed by atoms with Gasteiger partial charge in [-0.2, -0.15) is 0 Å². The van der Waals surface area contributed by atoms with Gasteiger partial charge in [-0.05, 0) is 32.1 Å². The Labute approximate surface area is 112 Å². The molecule has 5 heteroatoms. The Morgan fingerprint density at radius 1 is 1.26 bits per heavy atom. The first-order valence-corrected chi connectivity index (χ1v) is 7.27. The molecular weight excluding hydrogens is 246 g/mol. The molecular formula is C14H21NO4. The molecule has 3 aliphatic rings. The summed E-state index contributed by atoms with van der Waals surface area (Å²) in [7, 11) is 0. The highest BCUT2D eigenvalue weighted by atomic mass is 16.5. The first-order valence-electron chi connectivity index (χ1n) is 7.27. The van der Waals surface area contributed by atoms with Gasteiger partial charge in [0.05, 0.1) is 30.1 Å². The maximum Gasteiger partial charge on any atom is 0.305 e. The molecule has 2 saturated heterocycles. The van der Waals surface area contributed by atoms with E-state index in [-0.39, 0.29) is 30.5 Å². The van der Waals surface area contributed by atoms with E-state index in [1.54, 1.807) is 0 Å². The van der Waals surface area contributed by atoms with Gasteiger partial charge in [-0.3, -0.25) is 9.59 Å². The van der Waals surface area contributed by atoms with Gasteiger partial charge in [0.1, 0.15) is 0 Å². The molecule has 0 aromatic heterocycles. The molecule has 2 bridgehead atoms. The Kier molecular flexibility index (Phi) is 3.25. The molecule has 3 rings (SSSR count). The molecule has 3 unspecified atom stereocenters.